The maximum atomic E-state index is 13.5. The minimum atomic E-state index is -0.405. The highest BCUT2D eigenvalue weighted by Gasteiger charge is 2.40. The van der Waals surface area contributed by atoms with Gasteiger partial charge in [0, 0.05) is 31.9 Å². The van der Waals surface area contributed by atoms with Crippen LogP contribution in [0.4, 0.5) is 0 Å². The minimum Gasteiger partial charge on any atom is -0.496 e. The van der Waals surface area contributed by atoms with Gasteiger partial charge in [0.2, 0.25) is 5.91 Å². The van der Waals surface area contributed by atoms with Crippen LogP contribution < -0.4 is 10.1 Å². The van der Waals surface area contributed by atoms with E-state index in [1.807, 2.05) is 18.2 Å². The second kappa shape index (κ2) is 10.5. The predicted octanol–water partition coefficient (Wildman–Crippen LogP) is 4.16. The van der Waals surface area contributed by atoms with Gasteiger partial charge in [-0.25, -0.2) is 0 Å². The highest BCUT2D eigenvalue weighted by Crippen LogP contribution is 2.37. The highest BCUT2D eigenvalue weighted by atomic mass is 16.5. The molecule has 5 nitrogen and oxygen atoms in total. The van der Waals surface area contributed by atoms with Gasteiger partial charge in [-0.15, -0.1) is 0 Å². The molecule has 1 amide bonds. The normalized spacial score (nSPS) is 21.1. The van der Waals surface area contributed by atoms with Crippen molar-refractivity contribution in [1.29, 1.82) is 0 Å². The molecule has 2 aliphatic rings. The van der Waals surface area contributed by atoms with Crippen LogP contribution in [0.15, 0.2) is 48.5 Å². The van der Waals surface area contributed by atoms with E-state index in [9.17, 15) is 4.79 Å². The van der Waals surface area contributed by atoms with Crippen LogP contribution in [-0.4, -0.2) is 57.8 Å². The van der Waals surface area contributed by atoms with E-state index in [0.717, 1.165) is 55.8 Å². The second-order valence-corrected chi connectivity index (χ2v) is 9.45. The number of benzene rings is 2. The number of carbonyl (C=O) groups excluding carboxylic acids is 1. The molecule has 1 atom stereocenters. The van der Waals surface area contributed by atoms with Gasteiger partial charge in [0.05, 0.1) is 12.5 Å². The van der Waals surface area contributed by atoms with E-state index < -0.39 is 5.41 Å². The summed E-state index contributed by atoms with van der Waals surface area (Å²) in [6, 6.07) is 16.6. The van der Waals surface area contributed by atoms with E-state index >= 15 is 0 Å². The van der Waals surface area contributed by atoms with Gasteiger partial charge in [0.1, 0.15) is 5.75 Å². The standard InChI is InChI=1S/C27H36N2O3/c1-29-14-6-8-22(20-29)19-28-26(30)27(12-15-32-16-13-27)18-21-7-5-9-23(17-21)24-10-3-4-11-25(24)31-2/h3-5,7,9-11,17,22H,6,8,12-16,18-20H2,1-2H3,(H,28,30)/t22-/m1/s1. The fourth-order valence-electron chi connectivity index (χ4n) is 5.23. The van der Waals surface area contributed by atoms with Crippen LogP contribution in [-0.2, 0) is 16.0 Å². The molecule has 4 rings (SSSR count). The van der Waals surface area contributed by atoms with E-state index in [1.165, 1.54) is 18.4 Å². The molecule has 2 saturated heterocycles. The van der Waals surface area contributed by atoms with Crippen molar-refractivity contribution in [3.8, 4) is 16.9 Å². The summed E-state index contributed by atoms with van der Waals surface area (Å²) >= 11 is 0. The van der Waals surface area contributed by atoms with E-state index in [2.05, 4.69) is 47.6 Å². The van der Waals surface area contributed by atoms with Gasteiger partial charge in [-0.2, -0.15) is 0 Å². The Bertz CT molecular complexity index is 907. The lowest BCUT2D eigenvalue weighted by Crippen LogP contribution is -2.48. The van der Waals surface area contributed by atoms with Crippen LogP contribution >= 0.6 is 0 Å². The van der Waals surface area contributed by atoms with Crippen molar-refractivity contribution in [2.45, 2.75) is 32.1 Å². The van der Waals surface area contributed by atoms with E-state index in [4.69, 9.17) is 9.47 Å². The molecule has 172 valence electrons. The number of nitrogens with one attached hydrogen (secondary N) is 1. The largest absolute Gasteiger partial charge is 0.496 e. The zero-order valence-corrected chi connectivity index (χ0v) is 19.4. The molecular weight excluding hydrogens is 400 g/mol. The van der Waals surface area contributed by atoms with Crippen molar-refractivity contribution in [2.24, 2.45) is 11.3 Å². The fraction of sp³-hybridized carbons (Fsp3) is 0.519. The number of likely N-dealkylation sites (tertiary alicyclic amines) is 1. The average molecular weight is 437 g/mol. The summed E-state index contributed by atoms with van der Waals surface area (Å²) < 4.78 is 11.2. The zero-order chi connectivity index (χ0) is 22.4. The lowest BCUT2D eigenvalue weighted by atomic mass is 9.74. The fourth-order valence-corrected chi connectivity index (χ4v) is 5.23. The maximum absolute atomic E-state index is 13.5. The van der Waals surface area contributed by atoms with Gasteiger partial charge in [0.15, 0.2) is 0 Å². The van der Waals surface area contributed by atoms with Crippen molar-refractivity contribution < 1.29 is 14.3 Å². The quantitative estimate of drug-likeness (QED) is 0.708. The lowest BCUT2D eigenvalue weighted by Gasteiger charge is -2.37. The summed E-state index contributed by atoms with van der Waals surface area (Å²) in [4.78, 5) is 15.9. The third-order valence-corrected chi connectivity index (χ3v) is 7.09. The van der Waals surface area contributed by atoms with Gasteiger partial charge in [-0.3, -0.25) is 4.79 Å². The Hall–Kier alpha value is -2.37. The van der Waals surface area contributed by atoms with Crippen molar-refractivity contribution in [1.82, 2.24) is 10.2 Å². The van der Waals surface area contributed by atoms with Crippen molar-refractivity contribution in [3.63, 3.8) is 0 Å². The Morgan fingerprint density at radius 3 is 2.78 bits per heavy atom. The molecule has 1 N–H and O–H groups in total. The van der Waals surface area contributed by atoms with Gasteiger partial charge >= 0.3 is 0 Å². The molecule has 2 aromatic carbocycles. The second-order valence-electron chi connectivity index (χ2n) is 9.45. The Labute approximate surface area is 192 Å². The van der Waals surface area contributed by atoms with Crippen LogP contribution in [0.1, 0.15) is 31.2 Å². The highest BCUT2D eigenvalue weighted by molar-refractivity contribution is 5.83. The summed E-state index contributed by atoms with van der Waals surface area (Å²) in [7, 11) is 3.87. The molecular formula is C27H36N2O3. The number of hydrogen-bond acceptors (Lipinski definition) is 4. The first-order valence-corrected chi connectivity index (χ1v) is 11.9. The van der Waals surface area contributed by atoms with Crippen LogP contribution in [0.5, 0.6) is 5.75 Å². The summed E-state index contributed by atoms with van der Waals surface area (Å²) in [5, 5.41) is 3.33. The monoisotopic (exact) mass is 436 g/mol. The molecule has 0 aliphatic carbocycles. The van der Waals surface area contributed by atoms with Crippen LogP contribution in [0, 0.1) is 11.3 Å². The van der Waals surface area contributed by atoms with Crippen LogP contribution in [0.3, 0.4) is 0 Å². The number of hydrogen-bond donors (Lipinski definition) is 1. The van der Waals surface area contributed by atoms with Crippen molar-refractivity contribution in [3.05, 3.63) is 54.1 Å². The maximum Gasteiger partial charge on any atom is 0.226 e. The molecule has 32 heavy (non-hydrogen) atoms. The smallest absolute Gasteiger partial charge is 0.226 e. The number of ether oxygens (including phenoxy) is 2. The van der Waals surface area contributed by atoms with Gasteiger partial charge in [0.25, 0.3) is 0 Å². The Kier molecular flexibility index (Phi) is 7.48. The Balaban J connectivity index is 1.50. The Morgan fingerprint density at radius 1 is 1.19 bits per heavy atom. The van der Waals surface area contributed by atoms with Crippen LogP contribution in [0.25, 0.3) is 11.1 Å². The molecule has 0 aromatic heterocycles. The molecule has 2 aliphatic heterocycles. The van der Waals surface area contributed by atoms with E-state index in [1.54, 1.807) is 7.11 Å². The lowest BCUT2D eigenvalue weighted by molar-refractivity contribution is -0.137. The summed E-state index contributed by atoms with van der Waals surface area (Å²) in [6.45, 7) is 4.29. The molecule has 5 heteroatoms. The summed E-state index contributed by atoms with van der Waals surface area (Å²) in [6.07, 6.45) is 4.67. The number of carbonyl (C=O) groups is 1. The van der Waals surface area contributed by atoms with E-state index in [-0.39, 0.29) is 5.91 Å². The molecule has 2 fully saturated rings. The van der Waals surface area contributed by atoms with Crippen LogP contribution in [0.2, 0.25) is 0 Å². The molecule has 0 saturated carbocycles. The molecule has 0 radical (unpaired) electrons. The number of rotatable bonds is 7. The third kappa shape index (κ3) is 5.33. The SMILES string of the molecule is COc1ccccc1-c1cccc(CC2(C(=O)NC[C@H]3CCCN(C)C3)CCOCC2)c1. The van der Waals surface area contributed by atoms with Gasteiger partial charge < -0.3 is 19.7 Å². The summed E-state index contributed by atoms with van der Waals surface area (Å²) in [5.41, 5.74) is 2.97. The van der Waals surface area contributed by atoms with E-state index in [0.29, 0.717) is 19.1 Å². The first kappa shape index (κ1) is 22.8. The Morgan fingerprint density at radius 2 is 2.00 bits per heavy atom. The number of piperidine rings is 1. The third-order valence-electron chi connectivity index (χ3n) is 7.09. The number of methoxy groups -OCH3 is 1. The first-order valence-electron chi connectivity index (χ1n) is 11.9. The summed E-state index contributed by atoms with van der Waals surface area (Å²) in [5.74, 6) is 1.60. The number of amides is 1. The van der Waals surface area contributed by atoms with Gasteiger partial charge in [-0.1, -0.05) is 42.5 Å². The molecule has 2 heterocycles. The number of nitrogens with zero attached hydrogens (tertiary/aromatic N) is 1. The number of para-hydroxylation sites is 1. The van der Waals surface area contributed by atoms with Gasteiger partial charge in [-0.05, 0) is 68.8 Å². The minimum absolute atomic E-state index is 0.191. The molecule has 0 spiro atoms. The predicted molar refractivity (Wildman–Crippen MR) is 128 cm³/mol. The average Bonchev–Trinajstić information content (AvgIpc) is 2.83. The topological polar surface area (TPSA) is 50.8 Å². The molecule has 0 unspecified atom stereocenters. The first-order chi connectivity index (χ1) is 15.6. The molecule has 0 bridgehead atoms. The zero-order valence-electron chi connectivity index (χ0n) is 19.4. The van der Waals surface area contributed by atoms with Crippen molar-refractivity contribution in [2.75, 3.05) is 47.0 Å². The molecule has 2 aromatic rings. The van der Waals surface area contributed by atoms with Crippen molar-refractivity contribution >= 4 is 5.91 Å².